The second-order valence-electron chi connectivity index (χ2n) is 5.55. The van der Waals surface area contributed by atoms with Crippen molar-refractivity contribution in [1.82, 2.24) is 4.98 Å². The van der Waals surface area contributed by atoms with Gasteiger partial charge in [-0.05, 0) is 33.8 Å². The number of esters is 1. The molecule has 0 amide bonds. The molecule has 2 rings (SSSR count). The van der Waals surface area contributed by atoms with Crippen molar-refractivity contribution in [2.24, 2.45) is 0 Å². The third-order valence-corrected chi connectivity index (χ3v) is 3.46. The van der Waals surface area contributed by atoms with E-state index < -0.39 is 23.3 Å². The molecule has 6 heteroatoms. The maximum atomic E-state index is 11.7. The Morgan fingerprint density at radius 2 is 2.15 bits per heavy atom. The Kier molecular flexibility index (Phi) is 3.47. The molecule has 6 nitrogen and oxygen atoms in total. The van der Waals surface area contributed by atoms with Gasteiger partial charge in [0.1, 0.15) is 17.3 Å². The molecule has 0 saturated heterocycles. The van der Waals surface area contributed by atoms with E-state index in [0.29, 0.717) is 0 Å². The summed E-state index contributed by atoms with van der Waals surface area (Å²) in [7, 11) is 0. The van der Waals surface area contributed by atoms with Gasteiger partial charge in [-0.25, -0.2) is 9.78 Å². The van der Waals surface area contributed by atoms with E-state index in [1.54, 1.807) is 20.8 Å². The van der Waals surface area contributed by atoms with Crippen LogP contribution in [0.5, 0.6) is 5.88 Å². The van der Waals surface area contributed by atoms with Gasteiger partial charge in [0.05, 0.1) is 12.2 Å². The van der Waals surface area contributed by atoms with Crippen LogP contribution in [-0.4, -0.2) is 39.5 Å². The van der Waals surface area contributed by atoms with Crippen LogP contribution in [0.3, 0.4) is 0 Å². The van der Waals surface area contributed by atoms with Crippen LogP contribution >= 0.6 is 0 Å². The predicted octanol–water partition coefficient (Wildman–Crippen LogP) is 0.998. The number of fused-ring (bicyclic) bond motifs is 1. The summed E-state index contributed by atoms with van der Waals surface area (Å²) >= 11 is 0. The van der Waals surface area contributed by atoms with Crippen molar-refractivity contribution in [2.75, 3.05) is 6.61 Å². The monoisotopic (exact) mass is 281 g/mol. The lowest BCUT2D eigenvalue weighted by molar-refractivity contribution is -0.165. The van der Waals surface area contributed by atoms with Crippen LogP contribution in [0.15, 0.2) is 12.3 Å². The minimum absolute atomic E-state index is 0.207. The van der Waals surface area contributed by atoms with Crippen molar-refractivity contribution >= 4 is 5.97 Å². The fraction of sp³-hybridized carbons (Fsp3) is 0.571. The molecule has 0 spiro atoms. The lowest BCUT2D eigenvalue weighted by Crippen LogP contribution is -2.57. The van der Waals surface area contributed by atoms with Crippen molar-refractivity contribution < 1.29 is 24.5 Å². The Labute approximate surface area is 117 Å². The summed E-state index contributed by atoms with van der Waals surface area (Å²) in [6.45, 7) is 6.75. The minimum atomic E-state index is -1.56. The maximum absolute atomic E-state index is 11.7. The van der Waals surface area contributed by atoms with Crippen molar-refractivity contribution in [2.45, 2.75) is 45.0 Å². The first kappa shape index (κ1) is 14.7. The van der Waals surface area contributed by atoms with E-state index in [1.807, 2.05) is 0 Å². The van der Waals surface area contributed by atoms with E-state index >= 15 is 0 Å². The summed E-state index contributed by atoms with van der Waals surface area (Å²) in [5, 5.41) is 20.8. The summed E-state index contributed by atoms with van der Waals surface area (Å²) < 4.78 is 10.5. The molecule has 0 saturated carbocycles. The lowest BCUT2D eigenvalue weighted by Gasteiger charge is -2.44. The van der Waals surface area contributed by atoms with Gasteiger partial charge < -0.3 is 19.7 Å². The van der Waals surface area contributed by atoms with Gasteiger partial charge >= 0.3 is 5.97 Å². The number of carbonyl (C=O) groups is 1. The molecule has 2 atom stereocenters. The van der Waals surface area contributed by atoms with E-state index in [1.165, 1.54) is 19.2 Å². The highest BCUT2D eigenvalue weighted by Crippen LogP contribution is 2.42. The molecule has 20 heavy (non-hydrogen) atoms. The van der Waals surface area contributed by atoms with E-state index in [9.17, 15) is 15.0 Å². The van der Waals surface area contributed by atoms with Crippen molar-refractivity contribution in [3.63, 3.8) is 0 Å². The van der Waals surface area contributed by atoms with Gasteiger partial charge in [0.2, 0.25) is 5.88 Å². The molecule has 0 bridgehead atoms. The second-order valence-corrected chi connectivity index (χ2v) is 5.55. The van der Waals surface area contributed by atoms with Crippen LogP contribution < -0.4 is 4.74 Å². The molecule has 1 aromatic rings. The molecule has 1 aromatic heterocycles. The Morgan fingerprint density at radius 3 is 2.75 bits per heavy atom. The number of hydrogen-bond donors (Lipinski definition) is 2. The summed E-state index contributed by atoms with van der Waals surface area (Å²) in [5.74, 6) is -0.323. The number of hydrogen-bond acceptors (Lipinski definition) is 6. The van der Waals surface area contributed by atoms with Crippen molar-refractivity contribution in [3.8, 4) is 5.88 Å². The SMILES string of the molecule is CCOC(=O)c1cnc2c(c1)[C@](C)(O)[C@H](O)C(C)(C)O2. The van der Waals surface area contributed by atoms with E-state index in [-0.39, 0.29) is 23.6 Å². The predicted molar refractivity (Wildman–Crippen MR) is 70.5 cm³/mol. The number of ether oxygens (including phenoxy) is 2. The van der Waals surface area contributed by atoms with Gasteiger partial charge in [-0.3, -0.25) is 0 Å². The van der Waals surface area contributed by atoms with Crippen LogP contribution in [0.2, 0.25) is 0 Å². The van der Waals surface area contributed by atoms with Crippen LogP contribution in [0.4, 0.5) is 0 Å². The van der Waals surface area contributed by atoms with Crippen molar-refractivity contribution in [1.29, 1.82) is 0 Å². The number of nitrogens with zero attached hydrogens (tertiary/aromatic N) is 1. The van der Waals surface area contributed by atoms with Crippen LogP contribution in [0, 0.1) is 0 Å². The third kappa shape index (κ3) is 2.25. The quantitative estimate of drug-likeness (QED) is 0.786. The largest absolute Gasteiger partial charge is 0.468 e. The van der Waals surface area contributed by atoms with E-state index in [2.05, 4.69) is 4.98 Å². The standard InChI is InChI=1S/C14H19NO5/c1-5-19-11(16)8-6-9-10(15-7-8)20-13(2,3)12(17)14(9,4)18/h6-7,12,17-18H,5H2,1-4H3/t12-,14+/m1/s1. The molecular formula is C14H19NO5. The highest BCUT2D eigenvalue weighted by Gasteiger charge is 2.50. The number of carbonyl (C=O) groups excluding carboxylic acids is 1. The average molecular weight is 281 g/mol. The highest BCUT2D eigenvalue weighted by molar-refractivity contribution is 5.89. The number of rotatable bonds is 2. The molecule has 0 unspecified atom stereocenters. The lowest BCUT2D eigenvalue weighted by atomic mass is 9.79. The normalized spacial score (nSPS) is 27.4. The Hall–Kier alpha value is -1.66. The fourth-order valence-electron chi connectivity index (χ4n) is 2.35. The summed E-state index contributed by atoms with van der Waals surface area (Å²) in [4.78, 5) is 15.8. The van der Waals surface area contributed by atoms with E-state index in [4.69, 9.17) is 9.47 Å². The number of aliphatic hydroxyl groups excluding tert-OH is 1. The molecule has 110 valence electrons. The second kappa shape index (κ2) is 4.71. The third-order valence-electron chi connectivity index (χ3n) is 3.46. The van der Waals surface area contributed by atoms with Gasteiger partial charge in [0.15, 0.2) is 0 Å². The minimum Gasteiger partial charge on any atom is -0.468 e. The Balaban J connectivity index is 2.49. The first-order valence-electron chi connectivity index (χ1n) is 6.47. The summed E-state index contributed by atoms with van der Waals surface area (Å²) in [6, 6.07) is 1.44. The van der Waals surface area contributed by atoms with E-state index in [0.717, 1.165) is 0 Å². The Morgan fingerprint density at radius 1 is 1.50 bits per heavy atom. The molecule has 0 radical (unpaired) electrons. The van der Waals surface area contributed by atoms with Gasteiger partial charge in [-0.15, -0.1) is 0 Å². The molecule has 0 fully saturated rings. The highest BCUT2D eigenvalue weighted by atomic mass is 16.5. The summed E-state index contributed by atoms with van der Waals surface area (Å²) in [6.07, 6.45) is 0.183. The van der Waals surface area contributed by atoms with Crippen molar-refractivity contribution in [3.05, 3.63) is 23.4 Å². The molecule has 2 heterocycles. The number of aromatic nitrogens is 1. The smallest absolute Gasteiger partial charge is 0.339 e. The zero-order valence-corrected chi connectivity index (χ0v) is 12.0. The molecular weight excluding hydrogens is 262 g/mol. The fourth-order valence-corrected chi connectivity index (χ4v) is 2.35. The zero-order chi connectivity index (χ0) is 15.1. The van der Waals surface area contributed by atoms with Gasteiger partial charge in [0, 0.05) is 11.8 Å². The van der Waals surface area contributed by atoms with Crippen LogP contribution in [0.1, 0.15) is 43.6 Å². The topological polar surface area (TPSA) is 88.9 Å². The maximum Gasteiger partial charge on any atom is 0.339 e. The van der Waals surface area contributed by atoms with Crippen LogP contribution in [0.25, 0.3) is 0 Å². The zero-order valence-electron chi connectivity index (χ0n) is 12.0. The van der Waals surface area contributed by atoms with Crippen LogP contribution in [-0.2, 0) is 10.3 Å². The molecule has 1 aliphatic rings. The number of aliphatic hydroxyl groups is 2. The molecule has 1 aliphatic heterocycles. The first-order valence-corrected chi connectivity index (χ1v) is 6.47. The average Bonchev–Trinajstić information content (AvgIpc) is 2.36. The number of pyridine rings is 1. The molecule has 0 aliphatic carbocycles. The summed E-state index contributed by atoms with van der Waals surface area (Å²) in [5.41, 5.74) is -2.06. The van der Waals surface area contributed by atoms with Gasteiger partial charge in [0.25, 0.3) is 0 Å². The molecule has 2 N–H and O–H groups in total. The molecule has 0 aromatic carbocycles. The first-order chi connectivity index (χ1) is 9.20. The van der Waals surface area contributed by atoms with Gasteiger partial charge in [-0.2, -0.15) is 0 Å². The Bertz CT molecular complexity index is 538. The van der Waals surface area contributed by atoms with Gasteiger partial charge in [-0.1, -0.05) is 0 Å².